The molecule has 1 amide bonds. The third-order valence-electron chi connectivity index (χ3n) is 4.26. The number of ether oxygens (including phenoxy) is 1. The second-order valence-electron chi connectivity index (χ2n) is 6.67. The Kier molecular flexibility index (Phi) is 6.26. The molecular weight excluding hydrogens is 366 g/mol. The average Bonchev–Trinajstić information content (AvgIpc) is 3.07. The third-order valence-corrected chi connectivity index (χ3v) is 4.26. The average molecular weight is 388 g/mol. The molecule has 0 aliphatic carbocycles. The van der Waals surface area contributed by atoms with Crippen molar-refractivity contribution in [2.45, 2.75) is 26.1 Å². The van der Waals surface area contributed by atoms with Gasteiger partial charge in [0, 0.05) is 11.9 Å². The summed E-state index contributed by atoms with van der Waals surface area (Å²) in [5.74, 6) is 0.679. The van der Waals surface area contributed by atoms with Gasteiger partial charge in [-0.05, 0) is 43.8 Å². The van der Waals surface area contributed by atoms with Gasteiger partial charge in [0.1, 0.15) is 17.1 Å². The van der Waals surface area contributed by atoms with Gasteiger partial charge in [0.05, 0.1) is 12.6 Å². The first-order chi connectivity index (χ1) is 13.4. The van der Waals surface area contributed by atoms with E-state index >= 15 is 0 Å². The molecule has 0 saturated heterocycles. The van der Waals surface area contributed by atoms with Crippen LogP contribution < -0.4 is 10.1 Å². The van der Waals surface area contributed by atoms with Gasteiger partial charge in [-0.25, -0.2) is 0 Å². The maximum Gasteiger partial charge on any atom is 0.387 e. The highest BCUT2D eigenvalue weighted by molar-refractivity contribution is 5.80. The maximum absolute atomic E-state index is 12.3. The van der Waals surface area contributed by atoms with E-state index in [4.69, 9.17) is 4.42 Å². The number of halogens is 2. The Labute approximate surface area is 161 Å². The van der Waals surface area contributed by atoms with Crippen molar-refractivity contribution in [2.75, 3.05) is 13.6 Å². The number of fused-ring (bicyclic) bond motifs is 1. The minimum atomic E-state index is -2.84. The van der Waals surface area contributed by atoms with Crippen molar-refractivity contribution in [1.29, 1.82) is 0 Å². The van der Waals surface area contributed by atoms with Crippen molar-refractivity contribution >= 4 is 16.9 Å². The van der Waals surface area contributed by atoms with Crippen LogP contribution in [0.3, 0.4) is 0 Å². The van der Waals surface area contributed by atoms with Crippen LogP contribution in [0.5, 0.6) is 5.75 Å². The van der Waals surface area contributed by atoms with Gasteiger partial charge < -0.3 is 14.5 Å². The minimum absolute atomic E-state index is 0.110. The molecule has 7 heteroatoms. The van der Waals surface area contributed by atoms with Crippen molar-refractivity contribution in [3.05, 3.63) is 65.9 Å². The molecule has 3 aromatic rings. The Morgan fingerprint density at radius 2 is 1.89 bits per heavy atom. The molecule has 1 heterocycles. The molecule has 0 fully saturated rings. The molecule has 0 bridgehead atoms. The molecule has 0 unspecified atom stereocenters. The number of carbonyl (C=O) groups is 1. The normalized spacial score (nSPS) is 12.5. The molecule has 0 aliphatic heterocycles. The second-order valence-corrected chi connectivity index (χ2v) is 6.67. The van der Waals surface area contributed by atoms with Crippen molar-refractivity contribution < 1.29 is 22.7 Å². The van der Waals surface area contributed by atoms with E-state index in [-0.39, 0.29) is 24.2 Å². The van der Waals surface area contributed by atoms with Crippen LogP contribution in [0.25, 0.3) is 11.0 Å². The molecule has 5 nitrogen and oxygen atoms in total. The molecule has 0 spiro atoms. The number of benzene rings is 2. The fraction of sp³-hybridized carbons (Fsp3) is 0.286. The quantitative estimate of drug-likeness (QED) is 0.624. The molecule has 0 aliphatic rings. The Bertz CT molecular complexity index is 892. The number of likely N-dealkylation sites (N-methyl/N-ethyl adjacent to an activating group) is 1. The summed E-state index contributed by atoms with van der Waals surface area (Å²) in [6.45, 7) is -0.274. The van der Waals surface area contributed by atoms with E-state index in [0.717, 1.165) is 16.5 Å². The van der Waals surface area contributed by atoms with E-state index in [1.807, 2.05) is 49.2 Å². The zero-order chi connectivity index (χ0) is 20.1. The lowest BCUT2D eigenvalue weighted by molar-refractivity contribution is -0.122. The molecule has 148 valence electrons. The summed E-state index contributed by atoms with van der Waals surface area (Å²) in [4.78, 5) is 14.2. The molecule has 0 radical (unpaired) electrons. The van der Waals surface area contributed by atoms with Gasteiger partial charge in [-0.3, -0.25) is 9.69 Å². The van der Waals surface area contributed by atoms with Gasteiger partial charge in [0.25, 0.3) is 0 Å². The minimum Gasteiger partial charge on any atom is -0.459 e. The molecule has 1 aromatic heterocycles. The van der Waals surface area contributed by atoms with Crippen molar-refractivity contribution in [1.82, 2.24) is 10.2 Å². The van der Waals surface area contributed by atoms with Crippen LogP contribution in [-0.4, -0.2) is 31.0 Å². The highest BCUT2D eigenvalue weighted by Crippen LogP contribution is 2.23. The molecule has 1 atom stereocenters. The molecule has 1 N–H and O–H groups in total. The van der Waals surface area contributed by atoms with E-state index in [0.29, 0.717) is 12.3 Å². The number of furan rings is 1. The van der Waals surface area contributed by atoms with Gasteiger partial charge in [-0.1, -0.05) is 30.3 Å². The Balaban J connectivity index is 1.50. The lowest BCUT2D eigenvalue weighted by atomic mass is 10.2. The number of rotatable bonds is 8. The van der Waals surface area contributed by atoms with Crippen LogP contribution in [0, 0.1) is 0 Å². The van der Waals surface area contributed by atoms with Crippen LogP contribution in [0.2, 0.25) is 0 Å². The largest absolute Gasteiger partial charge is 0.459 e. The smallest absolute Gasteiger partial charge is 0.387 e. The molecule has 2 aromatic carbocycles. The van der Waals surface area contributed by atoms with E-state index in [1.54, 1.807) is 12.1 Å². The number of hydrogen-bond acceptors (Lipinski definition) is 4. The zero-order valence-corrected chi connectivity index (χ0v) is 15.7. The standard InChI is InChI=1S/C21H22F2N2O3/c1-14(19-11-16-5-3-4-6-18(16)28-19)24-20(26)13-25(2)12-15-7-9-17(10-8-15)27-21(22)23/h3-11,14,21H,12-13H2,1-2H3,(H,24,26)/t14-/m0/s1. The van der Waals surface area contributed by atoms with Gasteiger partial charge in [-0.2, -0.15) is 8.78 Å². The predicted molar refractivity (Wildman–Crippen MR) is 102 cm³/mol. The van der Waals surface area contributed by atoms with Crippen LogP contribution in [0.15, 0.2) is 59.0 Å². The maximum atomic E-state index is 12.3. The Morgan fingerprint density at radius 3 is 2.57 bits per heavy atom. The number of hydrogen-bond donors (Lipinski definition) is 1. The lowest BCUT2D eigenvalue weighted by Gasteiger charge is -2.18. The molecule has 3 rings (SSSR count). The topological polar surface area (TPSA) is 54.7 Å². The first-order valence-corrected chi connectivity index (χ1v) is 8.91. The van der Waals surface area contributed by atoms with Gasteiger partial charge in [0.15, 0.2) is 0 Å². The monoisotopic (exact) mass is 388 g/mol. The van der Waals surface area contributed by atoms with Gasteiger partial charge in [-0.15, -0.1) is 0 Å². The number of nitrogens with one attached hydrogen (secondary N) is 1. The second kappa shape index (κ2) is 8.84. The highest BCUT2D eigenvalue weighted by Gasteiger charge is 2.15. The van der Waals surface area contributed by atoms with E-state index in [1.165, 1.54) is 12.1 Å². The molecule has 28 heavy (non-hydrogen) atoms. The van der Waals surface area contributed by atoms with Gasteiger partial charge >= 0.3 is 6.61 Å². The summed E-state index contributed by atoms with van der Waals surface area (Å²) < 4.78 is 34.5. The summed E-state index contributed by atoms with van der Waals surface area (Å²) in [6, 6.07) is 15.7. The summed E-state index contributed by atoms with van der Waals surface area (Å²) >= 11 is 0. The fourth-order valence-corrected chi connectivity index (χ4v) is 2.96. The van der Waals surface area contributed by atoms with Crippen LogP contribution in [-0.2, 0) is 11.3 Å². The summed E-state index contributed by atoms with van der Waals surface area (Å²) in [5, 5.41) is 3.92. The Morgan fingerprint density at radius 1 is 1.18 bits per heavy atom. The van der Waals surface area contributed by atoms with Crippen molar-refractivity contribution in [3.63, 3.8) is 0 Å². The van der Waals surface area contributed by atoms with E-state index in [9.17, 15) is 13.6 Å². The fourth-order valence-electron chi connectivity index (χ4n) is 2.96. The molecular formula is C21H22F2N2O3. The number of alkyl halides is 2. The van der Waals surface area contributed by atoms with Gasteiger partial charge in [0.2, 0.25) is 5.91 Å². The summed E-state index contributed by atoms with van der Waals surface area (Å²) in [7, 11) is 1.81. The van der Waals surface area contributed by atoms with Crippen LogP contribution >= 0.6 is 0 Å². The predicted octanol–water partition coefficient (Wildman–Crippen LogP) is 4.34. The number of carbonyl (C=O) groups excluding carboxylic acids is 1. The highest BCUT2D eigenvalue weighted by atomic mass is 19.3. The van der Waals surface area contributed by atoms with Crippen molar-refractivity contribution in [2.24, 2.45) is 0 Å². The van der Waals surface area contributed by atoms with Crippen LogP contribution in [0.4, 0.5) is 8.78 Å². The number of amides is 1. The summed E-state index contributed by atoms with van der Waals surface area (Å²) in [5.41, 5.74) is 1.68. The van der Waals surface area contributed by atoms with Crippen LogP contribution in [0.1, 0.15) is 24.3 Å². The van der Waals surface area contributed by atoms with Crippen molar-refractivity contribution in [3.8, 4) is 5.75 Å². The first-order valence-electron chi connectivity index (χ1n) is 8.91. The Hall–Kier alpha value is -2.93. The van der Waals surface area contributed by atoms with E-state index < -0.39 is 6.61 Å². The lowest BCUT2D eigenvalue weighted by Crippen LogP contribution is -2.36. The summed E-state index contributed by atoms with van der Waals surface area (Å²) in [6.07, 6.45) is 0. The third kappa shape index (κ3) is 5.29. The number of nitrogens with zero attached hydrogens (tertiary/aromatic N) is 1. The first kappa shape index (κ1) is 19.8. The molecule has 0 saturated carbocycles. The zero-order valence-electron chi connectivity index (χ0n) is 15.7. The van der Waals surface area contributed by atoms with E-state index in [2.05, 4.69) is 10.1 Å². The number of para-hydroxylation sites is 1. The SMILES string of the molecule is C[C@H](NC(=O)CN(C)Cc1ccc(OC(F)F)cc1)c1cc2ccccc2o1.